The molecular formula is C14H21BO3. The summed E-state index contributed by atoms with van der Waals surface area (Å²) in [5.41, 5.74) is -0.886. The zero-order valence-corrected chi connectivity index (χ0v) is 11.4. The maximum atomic E-state index is 9.92. The fourth-order valence-electron chi connectivity index (χ4n) is 1.24. The minimum absolute atomic E-state index is 0.840. The van der Waals surface area contributed by atoms with Crippen LogP contribution in [-0.4, -0.2) is 28.5 Å². The lowest BCUT2D eigenvalue weighted by atomic mass is 9.82. The Kier molecular flexibility index (Phi) is 4.74. The fourth-order valence-corrected chi connectivity index (χ4v) is 1.24. The molecule has 3 nitrogen and oxygen atoms in total. The highest BCUT2D eigenvalue weighted by Gasteiger charge is 2.38. The molecule has 0 saturated carbocycles. The van der Waals surface area contributed by atoms with Crippen molar-refractivity contribution in [2.75, 3.05) is 0 Å². The Morgan fingerprint density at radius 1 is 1.11 bits per heavy atom. The minimum atomic E-state index is -1.05. The highest BCUT2D eigenvalue weighted by molar-refractivity contribution is 6.50. The van der Waals surface area contributed by atoms with Gasteiger partial charge in [-0.3, -0.25) is 0 Å². The van der Waals surface area contributed by atoms with Crippen LogP contribution in [0.25, 0.3) is 6.08 Å². The molecule has 4 heteroatoms. The van der Waals surface area contributed by atoms with Gasteiger partial charge in [0.2, 0.25) is 0 Å². The maximum Gasteiger partial charge on any atom is 0.483 e. The molecule has 0 aromatic heterocycles. The lowest BCUT2D eigenvalue weighted by molar-refractivity contribution is -0.0984. The van der Waals surface area contributed by atoms with Crippen molar-refractivity contribution >= 4 is 13.2 Å². The third-order valence-electron chi connectivity index (χ3n) is 3.14. The number of rotatable bonds is 5. The molecule has 0 heterocycles. The highest BCUT2D eigenvalue weighted by Crippen LogP contribution is 2.25. The van der Waals surface area contributed by atoms with Gasteiger partial charge < -0.3 is 14.8 Å². The van der Waals surface area contributed by atoms with Gasteiger partial charge in [-0.05, 0) is 33.3 Å². The lowest BCUT2D eigenvalue weighted by Gasteiger charge is -2.38. The molecule has 0 atom stereocenters. The van der Waals surface area contributed by atoms with Gasteiger partial charge in [0.1, 0.15) is 0 Å². The highest BCUT2D eigenvalue weighted by atomic mass is 16.5. The van der Waals surface area contributed by atoms with Crippen molar-refractivity contribution in [1.82, 2.24) is 0 Å². The molecule has 0 radical (unpaired) electrons. The minimum Gasteiger partial charge on any atom is -0.423 e. The van der Waals surface area contributed by atoms with Gasteiger partial charge in [0.05, 0.1) is 11.2 Å². The van der Waals surface area contributed by atoms with Gasteiger partial charge in [0.25, 0.3) is 0 Å². The molecule has 98 valence electrons. The van der Waals surface area contributed by atoms with Crippen LogP contribution in [0.15, 0.2) is 36.3 Å². The number of hydrogen-bond donors (Lipinski definition) is 2. The monoisotopic (exact) mass is 248 g/mol. The van der Waals surface area contributed by atoms with Crippen LogP contribution < -0.4 is 0 Å². The molecule has 2 N–H and O–H groups in total. The third kappa shape index (κ3) is 4.29. The Hall–Kier alpha value is -1.10. The molecule has 1 aromatic carbocycles. The van der Waals surface area contributed by atoms with Crippen molar-refractivity contribution in [2.24, 2.45) is 0 Å². The SMILES string of the molecule is CC(C)(O)C(C)(C)OB(O)/C=C/c1ccccc1. The van der Waals surface area contributed by atoms with Gasteiger partial charge in [0, 0.05) is 0 Å². The predicted octanol–water partition coefficient (Wildman–Crippen LogP) is 2.29. The zero-order chi connectivity index (χ0) is 13.8. The number of benzene rings is 1. The molecular weight excluding hydrogens is 227 g/mol. The van der Waals surface area contributed by atoms with Crippen molar-refractivity contribution < 1.29 is 14.8 Å². The molecule has 0 bridgehead atoms. The first kappa shape index (κ1) is 15.0. The molecule has 0 aliphatic carbocycles. The van der Waals surface area contributed by atoms with Crippen molar-refractivity contribution in [1.29, 1.82) is 0 Å². The lowest BCUT2D eigenvalue weighted by Crippen LogP contribution is -2.50. The van der Waals surface area contributed by atoms with Crippen molar-refractivity contribution in [2.45, 2.75) is 38.9 Å². The van der Waals surface area contributed by atoms with Crippen LogP contribution in [0.3, 0.4) is 0 Å². The van der Waals surface area contributed by atoms with E-state index < -0.39 is 18.3 Å². The molecule has 1 aromatic rings. The van der Waals surface area contributed by atoms with E-state index in [1.54, 1.807) is 39.7 Å². The Morgan fingerprint density at radius 3 is 2.17 bits per heavy atom. The van der Waals surface area contributed by atoms with Crippen molar-refractivity contribution in [3.05, 3.63) is 41.9 Å². The average molecular weight is 248 g/mol. The quantitative estimate of drug-likeness (QED) is 0.786. The van der Waals surface area contributed by atoms with Crippen LogP contribution in [0.2, 0.25) is 0 Å². The Morgan fingerprint density at radius 2 is 1.67 bits per heavy atom. The molecule has 0 spiro atoms. The summed E-state index contributed by atoms with van der Waals surface area (Å²) in [6.45, 7) is 6.79. The first-order chi connectivity index (χ1) is 8.22. The summed E-state index contributed by atoms with van der Waals surface area (Å²) >= 11 is 0. The van der Waals surface area contributed by atoms with Gasteiger partial charge in [-0.15, -0.1) is 0 Å². The van der Waals surface area contributed by atoms with E-state index in [0.717, 1.165) is 5.56 Å². The smallest absolute Gasteiger partial charge is 0.423 e. The summed E-state index contributed by atoms with van der Waals surface area (Å²) in [7, 11) is -1.05. The second-order valence-electron chi connectivity index (χ2n) is 5.35. The van der Waals surface area contributed by atoms with E-state index in [1.807, 2.05) is 30.3 Å². The first-order valence-corrected chi connectivity index (χ1v) is 6.04. The van der Waals surface area contributed by atoms with E-state index in [1.165, 1.54) is 0 Å². The predicted molar refractivity (Wildman–Crippen MR) is 74.9 cm³/mol. The van der Waals surface area contributed by atoms with Crippen molar-refractivity contribution in [3.8, 4) is 0 Å². The summed E-state index contributed by atoms with van der Waals surface area (Å²) < 4.78 is 5.44. The van der Waals surface area contributed by atoms with Crippen LogP contribution >= 0.6 is 0 Å². The van der Waals surface area contributed by atoms with Gasteiger partial charge >= 0.3 is 7.12 Å². The summed E-state index contributed by atoms with van der Waals surface area (Å²) in [4.78, 5) is 0. The third-order valence-corrected chi connectivity index (χ3v) is 3.14. The van der Waals surface area contributed by atoms with E-state index in [9.17, 15) is 10.1 Å². The first-order valence-electron chi connectivity index (χ1n) is 6.04. The molecule has 0 aliphatic rings. The second kappa shape index (κ2) is 5.70. The van der Waals surface area contributed by atoms with E-state index in [-0.39, 0.29) is 0 Å². The average Bonchev–Trinajstić information content (AvgIpc) is 2.26. The van der Waals surface area contributed by atoms with Gasteiger partial charge in [-0.1, -0.05) is 42.4 Å². The topological polar surface area (TPSA) is 49.7 Å². The van der Waals surface area contributed by atoms with Gasteiger partial charge in [-0.2, -0.15) is 0 Å². The Labute approximate surface area is 109 Å². The van der Waals surface area contributed by atoms with Gasteiger partial charge in [-0.25, -0.2) is 0 Å². The molecule has 18 heavy (non-hydrogen) atoms. The van der Waals surface area contributed by atoms with Crippen LogP contribution in [0, 0.1) is 0 Å². The molecule has 0 fully saturated rings. The molecule has 0 amide bonds. The Bertz CT molecular complexity index is 393. The summed E-state index contributed by atoms with van der Waals surface area (Å²) in [5.74, 6) is 1.56. The maximum absolute atomic E-state index is 9.92. The second-order valence-corrected chi connectivity index (χ2v) is 5.35. The van der Waals surface area contributed by atoms with E-state index >= 15 is 0 Å². The fraction of sp³-hybridized carbons (Fsp3) is 0.429. The largest absolute Gasteiger partial charge is 0.483 e. The molecule has 0 aliphatic heterocycles. The van der Waals surface area contributed by atoms with Crippen molar-refractivity contribution in [3.63, 3.8) is 0 Å². The van der Waals surface area contributed by atoms with E-state index in [2.05, 4.69) is 0 Å². The molecule has 1 rings (SSSR count). The van der Waals surface area contributed by atoms with Crippen LogP contribution in [0.1, 0.15) is 33.3 Å². The number of aliphatic hydroxyl groups is 1. The summed E-state index contributed by atoms with van der Waals surface area (Å²) in [6.07, 6.45) is 1.78. The molecule has 0 unspecified atom stereocenters. The summed E-state index contributed by atoms with van der Waals surface area (Å²) in [5, 5.41) is 19.7. The normalized spacial score (nSPS) is 13.0. The van der Waals surface area contributed by atoms with E-state index in [0.29, 0.717) is 0 Å². The van der Waals surface area contributed by atoms with Crippen LogP contribution in [-0.2, 0) is 4.65 Å². The van der Waals surface area contributed by atoms with Crippen LogP contribution in [0.5, 0.6) is 0 Å². The molecule has 0 saturated heterocycles. The van der Waals surface area contributed by atoms with Gasteiger partial charge in [0.15, 0.2) is 0 Å². The summed E-state index contributed by atoms with van der Waals surface area (Å²) in [6, 6.07) is 9.65. The van der Waals surface area contributed by atoms with Crippen LogP contribution in [0.4, 0.5) is 0 Å². The van der Waals surface area contributed by atoms with E-state index in [4.69, 9.17) is 4.65 Å². The standard InChI is InChI=1S/C14H21BO3/c1-13(2,16)14(3,4)18-15(17)11-10-12-8-6-5-7-9-12/h5-11,16-17H,1-4H3/b11-10+. The number of hydrogen-bond acceptors (Lipinski definition) is 3. The Balaban J connectivity index is 2.62. The zero-order valence-electron chi connectivity index (χ0n) is 11.4.